The molecule has 0 aliphatic heterocycles. The zero-order chi connectivity index (χ0) is 20.8. The molecule has 7 nitrogen and oxygen atoms in total. The third-order valence-electron chi connectivity index (χ3n) is 6.57. The second-order valence-electron chi connectivity index (χ2n) is 9.10. The van der Waals surface area contributed by atoms with E-state index in [9.17, 15) is 14.4 Å². The van der Waals surface area contributed by atoms with Gasteiger partial charge in [-0.1, -0.05) is 11.6 Å². The molecule has 0 saturated heterocycles. The highest BCUT2D eigenvalue weighted by Crippen LogP contribution is 2.62. The number of halogens is 1. The van der Waals surface area contributed by atoms with Gasteiger partial charge in [0.1, 0.15) is 5.82 Å². The number of esters is 1. The number of aromatic nitrogens is 1. The Hall–Kier alpha value is -2.15. The van der Waals surface area contributed by atoms with Crippen molar-refractivity contribution in [2.45, 2.75) is 64.0 Å². The fourth-order valence-electron chi connectivity index (χ4n) is 6.04. The first-order valence-corrected chi connectivity index (χ1v) is 10.5. The van der Waals surface area contributed by atoms with Gasteiger partial charge in [-0.3, -0.25) is 14.4 Å². The number of hydrogen-bond acceptors (Lipinski definition) is 5. The average Bonchev–Trinajstić information content (AvgIpc) is 2.61. The fourth-order valence-corrected chi connectivity index (χ4v) is 6.15. The Labute approximate surface area is 174 Å². The number of nitrogens with zero attached hydrogens (tertiary/aromatic N) is 1. The fraction of sp³-hybridized carbons (Fsp3) is 0.619. The van der Waals surface area contributed by atoms with Crippen LogP contribution >= 0.6 is 11.6 Å². The molecule has 8 heteroatoms. The summed E-state index contributed by atoms with van der Waals surface area (Å²) in [6.45, 7) is 3.09. The van der Waals surface area contributed by atoms with Crippen molar-refractivity contribution in [1.82, 2.24) is 10.3 Å². The van der Waals surface area contributed by atoms with E-state index in [-0.39, 0.29) is 17.4 Å². The van der Waals surface area contributed by atoms with Gasteiger partial charge in [0, 0.05) is 18.7 Å². The lowest BCUT2D eigenvalue weighted by Gasteiger charge is -2.60. The number of ether oxygens (including phenoxy) is 1. The summed E-state index contributed by atoms with van der Waals surface area (Å²) >= 11 is 5.80. The molecule has 4 fully saturated rings. The highest BCUT2D eigenvalue weighted by atomic mass is 35.5. The highest BCUT2D eigenvalue weighted by Gasteiger charge is 2.61. The molecule has 0 radical (unpaired) electrons. The van der Waals surface area contributed by atoms with Crippen LogP contribution < -0.4 is 10.6 Å². The summed E-state index contributed by atoms with van der Waals surface area (Å²) in [7, 11) is 0. The minimum atomic E-state index is -0.940. The van der Waals surface area contributed by atoms with Gasteiger partial charge in [-0.05, 0) is 69.4 Å². The van der Waals surface area contributed by atoms with Crippen molar-refractivity contribution in [2.24, 2.45) is 17.3 Å². The summed E-state index contributed by atoms with van der Waals surface area (Å²) in [5, 5.41) is 6.24. The summed E-state index contributed by atoms with van der Waals surface area (Å²) in [5.41, 5.74) is -0.923. The molecule has 3 unspecified atom stereocenters. The third-order valence-corrected chi connectivity index (χ3v) is 6.79. The zero-order valence-corrected chi connectivity index (χ0v) is 17.4. The zero-order valence-electron chi connectivity index (χ0n) is 16.7. The lowest BCUT2D eigenvalue weighted by atomic mass is 9.47. The number of carbonyl (C=O) groups excluding carboxylic acids is 3. The molecule has 4 aliphatic rings. The van der Waals surface area contributed by atoms with E-state index >= 15 is 0 Å². The molecular formula is C21H26ClN3O4. The van der Waals surface area contributed by atoms with Crippen LogP contribution in [0.25, 0.3) is 0 Å². The Morgan fingerprint density at radius 2 is 1.90 bits per heavy atom. The maximum Gasteiger partial charge on any atom is 0.312 e. The number of carbonyl (C=O) groups is 3. The second kappa shape index (κ2) is 7.27. The van der Waals surface area contributed by atoms with Crippen LogP contribution in [0.5, 0.6) is 0 Å². The molecule has 2 amide bonds. The van der Waals surface area contributed by atoms with Crippen LogP contribution in [0, 0.1) is 17.3 Å². The lowest BCUT2D eigenvalue weighted by Crippen LogP contribution is -2.65. The van der Waals surface area contributed by atoms with Gasteiger partial charge in [0.05, 0.1) is 10.4 Å². The van der Waals surface area contributed by atoms with Crippen molar-refractivity contribution >= 4 is 35.2 Å². The SMILES string of the molecule is CC(=O)NC12CC3CC(C1)CC(C(=O)OC(C)C(=O)Nc1ccc(Cl)cn1)(C3)C2. The van der Waals surface area contributed by atoms with E-state index in [1.165, 1.54) is 13.1 Å². The van der Waals surface area contributed by atoms with Gasteiger partial charge in [-0.15, -0.1) is 0 Å². The van der Waals surface area contributed by atoms with E-state index in [1.807, 2.05) is 0 Å². The van der Waals surface area contributed by atoms with Crippen molar-refractivity contribution < 1.29 is 19.1 Å². The molecule has 0 aromatic carbocycles. The minimum absolute atomic E-state index is 0.0568. The second-order valence-corrected chi connectivity index (χ2v) is 9.54. The molecule has 4 aliphatic carbocycles. The first-order valence-electron chi connectivity index (χ1n) is 10.1. The summed E-state index contributed by atoms with van der Waals surface area (Å²) in [5.74, 6) is 0.360. The maximum absolute atomic E-state index is 13.2. The first-order chi connectivity index (χ1) is 13.7. The van der Waals surface area contributed by atoms with Gasteiger partial charge in [0.25, 0.3) is 5.91 Å². The third kappa shape index (κ3) is 3.97. The summed E-state index contributed by atoms with van der Waals surface area (Å²) in [6, 6.07) is 3.21. The van der Waals surface area contributed by atoms with Crippen LogP contribution in [0.4, 0.5) is 5.82 Å². The number of pyridine rings is 1. The van der Waals surface area contributed by atoms with Crippen LogP contribution in [0.3, 0.4) is 0 Å². The van der Waals surface area contributed by atoms with E-state index < -0.39 is 17.4 Å². The minimum Gasteiger partial charge on any atom is -0.452 e. The van der Waals surface area contributed by atoms with Crippen LogP contribution in [-0.4, -0.2) is 34.4 Å². The lowest BCUT2D eigenvalue weighted by molar-refractivity contribution is -0.181. The van der Waals surface area contributed by atoms with Crippen molar-refractivity contribution in [2.75, 3.05) is 5.32 Å². The molecule has 4 saturated carbocycles. The Balaban J connectivity index is 1.44. The largest absolute Gasteiger partial charge is 0.452 e. The Kier molecular flexibility index (Phi) is 5.05. The predicted octanol–water partition coefficient (Wildman–Crippen LogP) is 3.08. The summed E-state index contributed by atoms with van der Waals surface area (Å²) in [6.07, 6.45) is 5.60. The average molecular weight is 420 g/mol. The smallest absolute Gasteiger partial charge is 0.312 e. The number of amides is 2. The summed E-state index contributed by atoms with van der Waals surface area (Å²) in [4.78, 5) is 41.4. The Morgan fingerprint density at radius 3 is 2.48 bits per heavy atom. The predicted molar refractivity (Wildman–Crippen MR) is 107 cm³/mol. The molecule has 29 heavy (non-hydrogen) atoms. The molecule has 156 valence electrons. The van der Waals surface area contributed by atoms with Crippen LogP contribution in [0.1, 0.15) is 52.4 Å². The quantitative estimate of drug-likeness (QED) is 0.715. The Bertz CT molecular complexity index is 827. The normalized spacial score (nSPS) is 33.1. The van der Waals surface area contributed by atoms with Crippen molar-refractivity contribution in [3.05, 3.63) is 23.4 Å². The van der Waals surface area contributed by atoms with Gasteiger partial charge in [-0.25, -0.2) is 4.98 Å². The van der Waals surface area contributed by atoms with E-state index in [1.54, 1.807) is 19.1 Å². The molecule has 1 heterocycles. The van der Waals surface area contributed by atoms with E-state index in [0.717, 1.165) is 32.1 Å². The van der Waals surface area contributed by atoms with Gasteiger partial charge >= 0.3 is 5.97 Å². The molecule has 4 bridgehead atoms. The van der Waals surface area contributed by atoms with Crippen molar-refractivity contribution in [1.29, 1.82) is 0 Å². The van der Waals surface area contributed by atoms with Gasteiger partial charge in [-0.2, -0.15) is 0 Å². The van der Waals surface area contributed by atoms with Gasteiger partial charge in [0.2, 0.25) is 5.91 Å². The maximum atomic E-state index is 13.2. The van der Waals surface area contributed by atoms with E-state index in [4.69, 9.17) is 16.3 Å². The number of rotatable bonds is 5. The molecule has 5 rings (SSSR count). The van der Waals surface area contributed by atoms with E-state index in [0.29, 0.717) is 29.1 Å². The number of hydrogen-bond donors (Lipinski definition) is 2. The molecule has 2 N–H and O–H groups in total. The van der Waals surface area contributed by atoms with Crippen LogP contribution in [-0.2, 0) is 19.1 Å². The standard InChI is InChI=1S/C21H26ClN3O4/c1-12(18(27)24-17-4-3-16(22)10-23-17)29-19(28)20-6-14-5-15(7-20)9-21(8-14,11-20)25-13(2)26/h3-4,10,12,14-15H,5-9,11H2,1-2H3,(H,25,26)(H,23,24,27). The first kappa shape index (κ1) is 20.1. The van der Waals surface area contributed by atoms with Crippen molar-refractivity contribution in [3.8, 4) is 0 Å². The number of anilines is 1. The molecule has 0 spiro atoms. The molecule has 3 atom stereocenters. The number of nitrogens with one attached hydrogen (secondary N) is 2. The Morgan fingerprint density at radius 1 is 1.21 bits per heavy atom. The molecular weight excluding hydrogens is 394 g/mol. The van der Waals surface area contributed by atoms with Gasteiger partial charge < -0.3 is 15.4 Å². The topological polar surface area (TPSA) is 97.4 Å². The summed E-state index contributed by atoms with van der Waals surface area (Å²) < 4.78 is 5.63. The monoisotopic (exact) mass is 419 g/mol. The van der Waals surface area contributed by atoms with Crippen LogP contribution in [0.15, 0.2) is 18.3 Å². The van der Waals surface area contributed by atoms with Gasteiger partial charge in [0.15, 0.2) is 6.10 Å². The highest BCUT2D eigenvalue weighted by molar-refractivity contribution is 6.30. The van der Waals surface area contributed by atoms with Crippen molar-refractivity contribution in [3.63, 3.8) is 0 Å². The van der Waals surface area contributed by atoms with Crippen LogP contribution in [0.2, 0.25) is 5.02 Å². The molecule has 1 aromatic heterocycles. The van der Waals surface area contributed by atoms with E-state index in [2.05, 4.69) is 15.6 Å². The molecule has 1 aromatic rings.